The van der Waals surface area contributed by atoms with Crippen molar-refractivity contribution in [3.63, 3.8) is 0 Å². The van der Waals surface area contributed by atoms with Crippen molar-refractivity contribution < 1.29 is 13.2 Å². The first-order valence-corrected chi connectivity index (χ1v) is 6.81. The van der Waals surface area contributed by atoms with Crippen molar-refractivity contribution in [2.45, 2.75) is 32.2 Å². The van der Waals surface area contributed by atoms with Crippen LogP contribution in [-0.2, 0) is 14.8 Å². The van der Waals surface area contributed by atoms with Crippen LogP contribution in [0.25, 0.3) is 0 Å². The van der Waals surface area contributed by atoms with Gasteiger partial charge in [0.25, 0.3) is 0 Å². The molecule has 0 saturated carbocycles. The predicted molar refractivity (Wildman–Crippen MR) is 68.4 cm³/mol. The van der Waals surface area contributed by atoms with Gasteiger partial charge in [-0.15, -0.1) is 12.4 Å². The van der Waals surface area contributed by atoms with Crippen molar-refractivity contribution in [3.05, 3.63) is 0 Å². The molecule has 0 atom stereocenters. The van der Waals surface area contributed by atoms with E-state index in [0.717, 1.165) is 0 Å². The molecule has 0 aromatic heterocycles. The molecule has 0 unspecified atom stereocenters. The van der Waals surface area contributed by atoms with E-state index < -0.39 is 15.6 Å². The molecule has 0 heterocycles. The Morgan fingerprint density at radius 3 is 2.12 bits per heavy atom. The van der Waals surface area contributed by atoms with Gasteiger partial charge in [-0.25, -0.2) is 13.1 Å². The molecule has 5 nitrogen and oxygen atoms in total. The average molecular weight is 275 g/mol. The molecule has 0 bridgehead atoms. The summed E-state index contributed by atoms with van der Waals surface area (Å²) in [7, 11) is -1.82. The Morgan fingerprint density at radius 1 is 1.31 bits per heavy atom. The zero-order valence-electron chi connectivity index (χ0n) is 10.2. The van der Waals surface area contributed by atoms with E-state index in [2.05, 4.69) is 4.72 Å². The second-order valence-electron chi connectivity index (χ2n) is 3.61. The maximum Gasteiger partial charge on any atom is 0.214 e. The number of nitrogens with one attached hydrogen (secondary N) is 1. The summed E-state index contributed by atoms with van der Waals surface area (Å²) in [4.78, 5) is 0. The summed E-state index contributed by atoms with van der Waals surface area (Å²) in [6.07, 6.45) is 1.37. The smallest absolute Gasteiger partial charge is 0.214 e. The molecule has 0 amide bonds. The number of rotatable bonds is 8. The maximum absolute atomic E-state index is 11.6. The van der Waals surface area contributed by atoms with Gasteiger partial charge in [-0.2, -0.15) is 0 Å². The average Bonchev–Trinajstić information content (AvgIpc) is 2.23. The Labute approximate surface area is 105 Å². The van der Waals surface area contributed by atoms with Crippen molar-refractivity contribution in [3.8, 4) is 0 Å². The van der Waals surface area contributed by atoms with Crippen molar-refractivity contribution >= 4 is 22.4 Å². The third-order valence-corrected chi connectivity index (χ3v) is 4.12. The van der Waals surface area contributed by atoms with Crippen LogP contribution in [0.1, 0.15) is 26.7 Å². The second-order valence-corrected chi connectivity index (χ2v) is 5.45. The van der Waals surface area contributed by atoms with E-state index >= 15 is 0 Å². The number of methoxy groups -OCH3 is 1. The van der Waals surface area contributed by atoms with Crippen molar-refractivity contribution in [1.82, 2.24) is 4.72 Å². The summed E-state index contributed by atoms with van der Waals surface area (Å²) in [6, 6.07) is 0. The van der Waals surface area contributed by atoms with E-state index in [1.54, 1.807) is 0 Å². The Kier molecular flexibility index (Phi) is 9.53. The Hall–Kier alpha value is 0.120. The molecule has 16 heavy (non-hydrogen) atoms. The largest absolute Gasteiger partial charge is 0.384 e. The minimum atomic E-state index is -3.29. The second kappa shape index (κ2) is 8.25. The molecule has 100 valence electrons. The highest BCUT2D eigenvalue weighted by molar-refractivity contribution is 7.89. The van der Waals surface area contributed by atoms with Gasteiger partial charge in [0, 0.05) is 19.2 Å². The zero-order valence-corrected chi connectivity index (χ0v) is 11.8. The first-order valence-electron chi connectivity index (χ1n) is 5.16. The Bertz CT molecular complexity index is 258. The van der Waals surface area contributed by atoms with Gasteiger partial charge in [-0.1, -0.05) is 13.8 Å². The highest BCUT2D eigenvalue weighted by Gasteiger charge is 2.29. The summed E-state index contributed by atoms with van der Waals surface area (Å²) < 4.78 is 30.7. The van der Waals surface area contributed by atoms with Crippen LogP contribution < -0.4 is 10.5 Å². The van der Waals surface area contributed by atoms with Crippen LogP contribution in [0.3, 0.4) is 0 Å². The number of nitrogens with two attached hydrogens (primary N) is 1. The van der Waals surface area contributed by atoms with E-state index in [-0.39, 0.29) is 24.8 Å². The first kappa shape index (κ1) is 18.5. The molecule has 0 spiro atoms. The van der Waals surface area contributed by atoms with Crippen molar-refractivity contribution in [2.24, 2.45) is 5.73 Å². The van der Waals surface area contributed by atoms with E-state index in [9.17, 15) is 8.42 Å². The lowest BCUT2D eigenvalue weighted by Gasteiger charge is -2.30. The SMILES string of the molecule is CCC(CC)(CN)NS(=O)(=O)CCOC.Cl. The molecule has 0 rings (SSSR count). The van der Waals surface area contributed by atoms with Gasteiger partial charge in [0.1, 0.15) is 0 Å². The fourth-order valence-corrected chi connectivity index (χ4v) is 2.82. The van der Waals surface area contributed by atoms with Gasteiger partial charge in [-0.05, 0) is 12.8 Å². The molecule has 0 aliphatic heterocycles. The molecule has 0 aromatic carbocycles. The first-order chi connectivity index (χ1) is 6.95. The van der Waals surface area contributed by atoms with Crippen LogP contribution in [-0.4, -0.2) is 40.0 Å². The standard InChI is InChI=1S/C9H22N2O3S.ClH/c1-4-9(5-2,8-10)11-15(12,13)7-6-14-3;/h11H,4-8,10H2,1-3H3;1H. The number of ether oxygens (including phenoxy) is 1. The number of hydrogen-bond donors (Lipinski definition) is 2. The number of hydrogen-bond acceptors (Lipinski definition) is 4. The van der Waals surface area contributed by atoms with Crippen LogP contribution in [0.5, 0.6) is 0 Å². The van der Waals surface area contributed by atoms with Gasteiger partial charge in [0.2, 0.25) is 10.0 Å². The molecule has 0 aliphatic rings. The number of halogens is 1. The summed E-state index contributed by atoms with van der Waals surface area (Å²) in [5, 5.41) is 0. The molecule has 0 fully saturated rings. The molecular weight excluding hydrogens is 252 g/mol. The quantitative estimate of drug-likeness (QED) is 0.675. The lowest BCUT2D eigenvalue weighted by atomic mass is 9.95. The van der Waals surface area contributed by atoms with Gasteiger partial charge >= 0.3 is 0 Å². The molecule has 0 radical (unpaired) electrons. The van der Waals surface area contributed by atoms with Gasteiger partial charge < -0.3 is 10.5 Å². The molecule has 0 aliphatic carbocycles. The van der Waals surface area contributed by atoms with Crippen molar-refractivity contribution in [1.29, 1.82) is 0 Å². The maximum atomic E-state index is 11.6. The van der Waals surface area contributed by atoms with E-state index in [0.29, 0.717) is 19.4 Å². The van der Waals surface area contributed by atoms with Crippen LogP contribution >= 0.6 is 12.4 Å². The van der Waals surface area contributed by atoms with Gasteiger partial charge in [0.15, 0.2) is 0 Å². The normalized spacial score (nSPS) is 12.2. The summed E-state index contributed by atoms with van der Waals surface area (Å²) >= 11 is 0. The van der Waals surface area contributed by atoms with E-state index in [4.69, 9.17) is 10.5 Å². The molecule has 7 heteroatoms. The Balaban J connectivity index is 0. The monoisotopic (exact) mass is 274 g/mol. The summed E-state index contributed by atoms with van der Waals surface area (Å²) in [5.74, 6) is -0.0226. The minimum Gasteiger partial charge on any atom is -0.384 e. The summed E-state index contributed by atoms with van der Waals surface area (Å²) in [5.41, 5.74) is 5.10. The third kappa shape index (κ3) is 6.00. The van der Waals surface area contributed by atoms with Crippen molar-refractivity contribution in [2.75, 3.05) is 26.0 Å². The van der Waals surface area contributed by atoms with Crippen LogP contribution in [0.15, 0.2) is 0 Å². The fraction of sp³-hybridized carbons (Fsp3) is 1.00. The summed E-state index contributed by atoms with van der Waals surface area (Å²) in [6.45, 7) is 4.36. The Morgan fingerprint density at radius 2 is 1.81 bits per heavy atom. The van der Waals surface area contributed by atoms with Crippen LogP contribution in [0.2, 0.25) is 0 Å². The van der Waals surface area contributed by atoms with Gasteiger partial charge in [-0.3, -0.25) is 0 Å². The topological polar surface area (TPSA) is 81.4 Å². The number of sulfonamides is 1. The lowest BCUT2D eigenvalue weighted by Crippen LogP contribution is -2.53. The molecule has 0 saturated heterocycles. The van der Waals surface area contributed by atoms with E-state index in [1.165, 1.54) is 7.11 Å². The fourth-order valence-electron chi connectivity index (χ4n) is 1.30. The predicted octanol–water partition coefficient (Wildman–Crippen LogP) is 0.492. The molecule has 3 N–H and O–H groups in total. The van der Waals surface area contributed by atoms with Crippen LogP contribution in [0.4, 0.5) is 0 Å². The lowest BCUT2D eigenvalue weighted by molar-refractivity contribution is 0.216. The van der Waals surface area contributed by atoms with Gasteiger partial charge in [0.05, 0.1) is 12.4 Å². The zero-order chi connectivity index (χ0) is 11.9. The van der Waals surface area contributed by atoms with E-state index in [1.807, 2.05) is 13.8 Å². The highest BCUT2D eigenvalue weighted by Crippen LogP contribution is 2.14. The molecule has 0 aromatic rings. The minimum absolute atomic E-state index is 0. The molecular formula is C9H23ClN2O3S. The third-order valence-electron chi connectivity index (χ3n) is 2.67. The van der Waals surface area contributed by atoms with Crippen LogP contribution in [0, 0.1) is 0 Å². The highest BCUT2D eigenvalue weighted by atomic mass is 35.5.